The number of nitrogens with zero attached hydrogens (tertiary/aromatic N) is 1. The predicted molar refractivity (Wildman–Crippen MR) is 105 cm³/mol. The molecule has 6 rings (SSSR count). The van der Waals surface area contributed by atoms with Gasteiger partial charge in [-0.25, -0.2) is 4.39 Å². The molecule has 1 aliphatic heterocycles. The van der Waals surface area contributed by atoms with Gasteiger partial charge in [0.15, 0.2) is 0 Å². The fraction of sp³-hybridized carbons (Fsp3) is 0.696. The molecule has 1 saturated heterocycles. The van der Waals surface area contributed by atoms with Crippen molar-refractivity contribution in [1.82, 2.24) is 10.2 Å². The lowest BCUT2D eigenvalue weighted by atomic mass is 9.54. The number of halogens is 1. The van der Waals surface area contributed by atoms with E-state index in [-0.39, 0.29) is 17.8 Å². The summed E-state index contributed by atoms with van der Waals surface area (Å²) in [4.78, 5) is 15.2. The monoisotopic (exact) mass is 386 g/mol. The number of hydrogen-bond donors (Lipinski definition) is 1. The third-order valence-electron chi connectivity index (χ3n) is 7.61. The second-order valence-corrected chi connectivity index (χ2v) is 9.50. The molecule has 5 heteroatoms. The van der Waals surface area contributed by atoms with Gasteiger partial charge in [0, 0.05) is 25.7 Å². The van der Waals surface area contributed by atoms with E-state index in [1.807, 2.05) is 12.1 Å². The van der Waals surface area contributed by atoms with Gasteiger partial charge in [-0.2, -0.15) is 0 Å². The van der Waals surface area contributed by atoms with E-state index < -0.39 is 0 Å². The van der Waals surface area contributed by atoms with Crippen molar-refractivity contribution < 1.29 is 13.9 Å². The topological polar surface area (TPSA) is 41.6 Å². The first-order valence-corrected chi connectivity index (χ1v) is 11.0. The standard InChI is InChI=1S/C23H31FN2O2/c24-20-3-1-15(2-4-20)5-6-26-7-8-28-21(14-26)23(27)25-22-18-10-16-9-17(12-18)13-19(22)11-16/h1-4,16-19,21-22H,5-14H2,(H,25,27). The van der Waals surface area contributed by atoms with E-state index in [1.165, 1.54) is 44.2 Å². The molecule has 1 amide bonds. The van der Waals surface area contributed by atoms with Crippen LogP contribution >= 0.6 is 0 Å². The Morgan fingerprint density at radius 1 is 1.07 bits per heavy atom. The molecule has 1 heterocycles. The van der Waals surface area contributed by atoms with E-state index in [4.69, 9.17) is 4.74 Å². The van der Waals surface area contributed by atoms with Crippen LogP contribution in [0.1, 0.15) is 37.7 Å². The zero-order valence-corrected chi connectivity index (χ0v) is 16.5. The van der Waals surface area contributed by atoms with Crippen molar-refractivity contribution in [2.45, 2.75) is 50.7 Å². The number of amides is 1. The van der Waals surface area contributed by atoms with Crippen molar-refractivity contribution >= 4 is 5.91 Å². The normalized spacial score (nSPS) is 37.2. The molecule has 0 aromatic heterocycles. The van der Waals surface area contributed by atoms with Crippen LogP contribution in [0.2, 0.25) is 0 Å². The van der Waals surface area contributed by atoms with Crippen molar-refractivity contribution in [3.8, 4) is 0 Å². The number of nitrogens with one attached hydrogen (secondary N) is 1. The molecule has 0 spiro atoms. The maximum atomic E-state index is 13.1. The highest BCUT2D eigenvalue weighted by Crippen LogP contribution is 2.53. The van der Waals surface area contributed by atoms with E-state index >= 15 is 0 Å². The molecule has 28 heavy (non-hydrogen) atoms. The third kappa shape index (κ3) is 3.84. The van der Waals surface area contributed by atoms with Crippen molar-refractivity contribution in [1.29, 1.82) is 0 Å². The highest BCUT2D eigenvalue weighted by atomic mass is 19.1. The molecule has 1 atom stereocenters. The molecule has 4 saturated carbocycles. The van der Waals surface area contributed by atoms with Gasteiger partial charge in [0.1, 0.15) is 11.9 Å². The van der Waals surface area contributed by atoms with Crippen LogP contribution in [0.3, 0.4) is 0 Å². The van der Waals surface area contributed by atoms with Crippen LogP contribution in [0.4, 0.5) is 4.39 Å². The van der Waals surface area contributed by atoms with E-state index in [9.17, 15) is 9.18 Å². The van der Waals surface area contributed by atoms with E-state index in [1.54, 1.807) is 0 Å². The Bertz CT molecular complexity index is 679. The summed E-state index contributed by atoms with van der Waals surface area (Å²) < 4.78 is 18.9. The summed E-state index contributed by atoms with van der Waals surface area (Å²) in [6, 6.07) is 7.07. The van der Waals surface area contributed by atoms with Gasteiger partial charge in [0.25, 0.3) is 5.91 Å². The minimum Gasteiger partial charge on any atom is -0.366 e. The fourth-order valence-electron chi connectivity index (χ4n) is 6.42. The Hall–Kier alpha value is -1.46. The van der Waals surface area contributed by atoms with Gasteiger partial charge in [-0.3, -0.25) is 9.69 Å². The van der Waals surface area contributed by atoms with Crippen LogP contribution in [-0.4, -0.2) is 49.2 Å². The molecule has 1 aromatic carbocycles. The average molecular weight is 387 g/mol. The minimum atomic E-state index is -0.362. The summed E-state index contributed by atoms with van der Waals surface area (Å²) in [6.07, 6.45) is 7.19. The molecule has 1 N–H and O–H groups in total. The minimum absolute atomic E-state index is 0.0870. The highest BCUT2D eigenvalue weighted by molar-refractivity contribution is 5.81. The maximum absolute atomic E-state index is 13.1. The predicted octanol–water partition coefficient (Wildman–Crippen LogP) is 3.01. The molecule has 4 aliphatic carbocycles. The highest BCUT2D eigenvalue weighted by Gasteiger charge is 2.49. The first-order valence-electron chi connectivity index (χ1n) is 11.0. The molecule has 5 fully saturated rings. The van der Waals surface area contributed by atoms with Crippen molar-refractivity contribution in [3.63, 3.8) is 0 Å². The van der Waals surface area contributed by atoms with Crippen LogP contribution < -0.4 is 5.32 Å². The Kier molecular flexibility index (Phi) is 5.14. The van der Waals surface area contributed by atoms with Gasteiger partial charge in [-0.1, -0.05) is 12.1 Å². The first kappa shape index (κ1) is 18.6. The Labute approximate surface area is 166 Å². The van der Waals surface area contributed by atoms with Crippen LogP contribution in [0.5, 0.6) is 0 Å². The lowest BCUT2D eigenvalue weighted by Gasteiger charge is -2.54. The van der Waals surface area contributed by atoms with Gasteiger partial charge >= 0.3 is 0 Å². The van der Waals surface area contributed by atoms with E-state index in [0.717, 1.165) is 36.9 Å². The van der Waals surface area contributed by atoms with Crippen LogP contribution in [0.25, 0.3) is 0 Å². The van der Waals surface area contributed by atoms with Crippen molar-refractivity contribution in [2.75, 3.05) is 26.2 Å². The lowest BCUT2D eigenvalue weighted by Crippen LogP contribution is -2.59. The molecule has 0 radical (unpaired) electrons. The SMILES string of the molecule is O=C(NC1C2CC3CC(C2)CC1C3)C1CN(CCc2ccc(F)cc2)CCO1. The number of carbonyl (C=O) groups is 1. The van der Waals surface area contributed by atoms with Crippen molar-refractivity contribution in [2.24, 2.45) is 23.7 Å². The summed E-state index contributed by atoms with van der Waals surface area (Å²) in [5.74, 6) is 3.12. The molecule has 1 aromatic rings. The largest absolute Gasteiger partial charge is 0.366 e. The van der Waals surface area contributed by atoms with Gasteiger partial charge in [0.05, 0.1) is 6.61 Å². The quantitative estimate of drug-likeness (QED) is 0.846. The van der Waals surface area contributed by atoms with Crippen LogP contribution in [0.15, 0.2) is 24.3 Å². The number of ether oxygens (including phenoxy) is 1. The van der Waals surface area contributed by atoms with E-state index in [2.05, 4.69) is 10.2 Å². The smallest absolute Gasteiger partial charge is 0.250 e. The summed E-state index contributed by atoms with van der Waals surface area (Å²) in [5.41, 5.74) is 1.13. The van der Waals surface area contributed by atoms with Gasteiger partial charge in [-0.15, -0.1) is 0 Å². The zero-order chi connectivity index (χ0) is 19.1. The van der Waals surface area contributed by atoms with Gasteiger partial charge < -0.3 is 10.1 Å². The average Bonchev–Trinajstić information content (AvgIpc) is 2.70. The summed E-state index contributed by atoms with van der Waals surface area (Å²) >= 11 is 0. The Balaban J connectivity index is 1.14. The van der Waals surface area contributed by atoms with E-state index in [0.29, 0.717) is 31.0 Å². The number of rotatable bonds is 5. The molecule has 5 aliphatic rings. The van der Waals surface area contributed by atoms with Crippen LogP contribution in [-0.2, 0) is 16.0 Å². The maximum Gasteiger partial charge on any atom is 0.250 e. The first-order chi connectivity index (χ1) is 13.6. The molecule has 152 valence electrons. The second-order valence-electron chi connectivity index (χ2n) is 9.50. The summed E-state index contributed by atoms with van der Waals surface area (Å²) in [6.45, 7) is 2.98. The number of hydrogen-bond acceptors (Lipinski definition) is 3. The molecular weight excluding hydrogens is 355 g/mol. The van der Waals surface area contributed by atoms with Crippen molar-refractivity contribution in [3.05, 3.63) is 35.6 Å². The fourth-order valence-corrected chi connectivity index (χ4v) is 6.42. The molecule has 4 nitrogen and oxygen atoms in total. The number of morpholine rings is 1. The molecular formula is C23H31FN2O2. The summed E-state index contributed by atoms with van der Waals surface area (Å²) in [5, 5.41) is 3.40. The van der Waals surface area contributed by atoms with Crippen LogP contribution in [0, 0.1) is 29.5 Å². The summed E-state index contributed by atoms with van der Waals surface area (Å²) in [7, 11) is 0. The second kappa shape index (κ2) is 7.75. The van der Waals surface area contributed by atoms with Gasteiger partial charge in [-0.05, 0) is 79.9 Å². The third-order valence-corrected chi connectivity index (χ3v) is 7.61. The number of carbonyl (C=O) groups excluding carboxylic acids is 1. The van der Waals surface area contributed by atoms with Gasteiger partial charge in [0.2, 0.25) is 0 Å². The lowest BCUT2D eigenvalue weighted by molar-refractivity contribution is -0.142. The Morgan fingerprint density at radius 3 is 2.43 bits per heavy atom. The Morgan fingerprint density at radius 2 is 1.75 bits per heavy atom. The molecule has 1 unspecified atom stereocenters. The number of benzene rings is 1. The zero-order valence-electron chi connectivity index (χ0n) is 16.5. The molecule has 4 bridgehead atoms.